The molecule has 0 aliphatic rings. The number of anilines is 2. The zero-order valence-corrected chi connectivity index (χ0v) is 12.0. The topological polar surface area (TPSA) is 107 Å². The predicted molar refractivity (Wildman–Crippen MR) is 84.5 cm³/mol. The van der Waals surface area contributed by atoms with E-state index in [2.05, 4.69) is 25.4 Å². The summed E-state index contributed by atoms with van der Waals surface area (Å²) in [7, 11) is 0. The SMILES string of the molecule is Nc1nc(NCc2cccnc2)cc2nc(-c3ccco3)nn12. The molecule has 8 heteroatoms. The van der Waals surface area contributed by atoms with Crippen molar-refractivity contribution in [2.45, 2.75) is 6.54 Å². The van der Waals surface area contributed by atoms with Crippen LogP contribution in [0.5, 0.6) is 0 Å². The second kappa shape index (κ2) is 5.41. The maximum absolute atomic E-state index is 5.96. The highest BCUT2D eigenvalue weighted by Gasteiger charge is 2.12. The van der Waals surface area contributed by atoms with Gasteiger partial charge in [0.15, 0.2) is 11.4 Å². The summed E-state index contributed by atoms with van der Waals surface area (Å²) in [5.74, 6) is 1.92. The van der Waals surface area contributed by atoms with Gasteiger partial charge in [0.1, 0.15) is 5.82 Å². The average molecular weight is 307 g/mol. The van der Waals surface area contributed by atoms with Crippen LogP contribution < -0.4 is 11.1 Å². The van der Waals surface area contributed by atoms with E-state index in [1.807, 2.05) is 12.1 Å². The summed E-state index contributed by atoms with van der Waals surface area (Å²) in [6, 6.07) is 9.22. The van der Waals surface area contributed by atoms with Crippen molar-refractivity contribution in [1.29, 1.82) is 0 Å². The van der Waals surface area contributed by atoms with E-state index in [0.29, 0.717) is 29.6 Å². The molecule has 0 saturated carbocycles. The third-order valence-corrected chi connectivity index (χ3v) is 3.29. The van der Waals surface area contributed by atoms with Crippen molar-refractivity contribution in [1.82, 2.24) is 24.6 Å². The molecule has 8 nitrogen and oxygen atoms in total. The van der Waals surface area contributed by atoms with Gasteiger partial charge in [0, 0.05) is 25.0 Å². The van der Waals surface area contributed by atoms with Crippen LogP contribution >= 0.6 is 0 Å². The summed E-state index contributed by atoms with van der Waals surface area (Å²) in [6.07, 6.45) is 5.10. The van der Waals surface area contributed by atoms with E-state index < -0.39 is 0 Å². The summed E-state index contributed by atoms with van der Waals surface area (Å²) < 4.78 is 6.78. The fraction of sp³-hybridized carbons (Fsp3) is 0.0667. The second-order valence-corrected chi connectivity index (χ2v) is 4.90. The van der Waals surface area contributed by atoms with Crippen LogP contribution in [-0.2, 0) is 6.54 Å². The van der Waals surface area contributed by atoms with E-state index in [9.17, 15) is 0 Å². The third-order valence-electron chi connectivity index (χ3n) is 3.29. The number of pyridine rings is 1. The number of hydrogen-bond acceptors (Lipinski definition) is 7. The highest BCUT2D eigenvalue weighted by Crippen LogP contribution is 2.19. The molecule has 0 saturated heterocycles. The van der Waals surface area contributed by atoms with Crippen LogP contribution in [0.2, 0.25) is 0 Å². The Morgan fingerprint density at radius 1 is 1.22 bits per heavy atom. The van der Waals surface area contributed by atoms with E-state index >= 15 is 0 Å². The Labute approximate surface area is 131 Å². The molecule has 4 aromatic heterocycles. The van der Waals surface area contributed by atoms with Crippen LogP contribution in [0.1, 0.15) is 5.56 Å². The summed E-state index contributed by atoms with van der Waals surface area (Å²) in [5.41, 5.74) is 7.60. The van der Waals surface area contributed by atoms with Crippen molar-refractivity contribution in [3.05, 3.63) is 54.6 Å². The van der Waals surface area contributed by atoms with Gasteiger partial charge in [-0.15, -0.1) is 5.10 Å². The number of fused-ring (bicyclic) bond motifs is 1. The summed E-state index contributed by atoms with van der Waals surface area (Å²) in [4.78, 5) is 12.8. The molecular formula is C15H13N7O. The predicted octanol–water partition coefficient (Wildman–Crippen LogP) is 1.97. The molecule has 0 bridgehead atoms. The van der Waals surface area contributed by atoms with Crippen LogP contribution in [0.4, 0.5) is 11.8 Å². The minimum Gasteiger partial charge on any atom is -0.461 e. The number of nitrogen functional groups attached to an aromatic ring is 1. The molecule has 0 aromatic carbocycles. The number of nitrogens with two attached hydrogens (primary N) is 1. The molecule has 0 unspecified atom stereocenters. The number of hydrogen-bond donors (Lipinski definition) is 2. The van der Waals surface area contributed by atoms with Crippen LogP contribution in [0, 0.1) is 0 Å². The van der Waals surface area contributed by atoms with E-state index in [0.717, 1.165) is 5.56 Å². The van der Waals surface area contributed by atoms with Crippen molar-refractivity contribution >= 4 is 17.4 Å². The number of furan rings is 1. The monoisotopic (exact) mass is 307 g/mol. The Morgan fingerprint density at radius 3 is 2.96 bits per heavy atom. The van der Waals surface area contributed by atoms with Gasteiger partial charge >= 0.3 is 0 Å². The van der Waals surface area contributed by atoms with Crippen molar-refractivity contribution in [2.75, 3.05) is 11.1 Å². The number of aromatic nitrogens is 5. The van der Waals surface area contributed by atoms with Gasteiger partial charge in [-0.3, -0.25) is 4.98 Å². The third kappa shape index (κ3) is 2.57. The molecule has 4 rings (SSSR count). The zero-order valence-electron chi connectivity index (χ0n) is 12.0. The zero-order chi connectivity index (χ0) is 15.6. The molecule has 4 heterocycles. The smallest absolute Gasteiger partial charge is 0.225 e. The van der Waals surface area contributed by atoms with Gasteiger partial charge in [0.25, 0.3) is 0 Å². The lowest BCUT2D eigenvalue weighted by Gasteiger charge is -2.06. The van der Waals surface area contributed by atoms with Crippen LogP contribution in [-0.4, -0.2) is 24.6 Å². The lowest BCUT2D eigenvalue weighted by molar-refractivity contribution is 0.577. The lowest BCUT2D eigenvalue weighted by Crippen LogP contribution is -2.07. The van der Waals surface area contributed by atoms with Gasteiger partial charge in [-0.25, -0.2) is 4.98 Å². The van der Waals surface area contributed by atoms with E-state index in [4.69, 9.17) is 10.2 Å². The minimum absolute atomic E-state index is 0.251. The van der Waals surface area contributed by atoms with Crippen molar-refractivity contribution in [3.63, 3.8) is 0 Å². The molecule has 4 aromatic rings. The molecule has 0 amide bonds. The minimum atomic E-state index is 0.251. The summed E-state index contributed by atoms with van der Waals surface area (Å²) >= 11 is 0. The van der Waals surface area contributed by atoms with Crippen LogP contribution in [0.3, 0.4) is 0 Å². The Balaban J connectivity index is 1.64. The first-order chi connectivity index (χ1) is 11.3. The maximum Gasteiger partial charge on any atom is 0.225 e. The second-order valence-electron chi connectivity index (χ2n) is 4.90. The Bertz CT molecular complexity index is 931. The number of nitrogens with one attached hydrogen (secondary N) is 1. The normalized spacial score (nSPS) is 11.0. The molecule has 0 radical (unpaired) electrons. The van der Waals surface area contributed by atoms with Crippen molar-refractivity contribution in [2.24, 2.45) is 0 Å². The van der Waals surface area contributed by atoms with Gasteiger partial charge in [-0.1, -0.05) is 6.07 Å². The molecule has 0 atom stereocenters. The van der Waals surface area contributed by atoms with Crippen LogP contribution in [0.15, 0.2) is 53.4 Å². The fourth-order valence-electron chi connectivity index (χ4n) is 2.21. The average Bonchev–Trinajstić information content (AvgIpc) is 3.23. The first-order valence-electron chi connectivity index (χ1n) is 6.99. The number of rotatable bonds is 4. The van der Waals surface area contributed by atoms with Crippen molar-refractivity contribution < 1.29 is 4.42 Å². The van der Waals surface area contributed by atoms with Gasteiger partial charge < -0.3 is 15.5 Å². The molecule has 0 aliphatic heterocycles. The Hall–Kier alpha value is -3.42. The largest absolute Gasteiger partial charge is 0.461 e. The molecule has 3 N–H and O–H groups in total. The fourth-order valence-corrected chi connectivity index (χ4v) is 2.21. The molecule has 0 aliphatic carbocycles. The quantitative estimate of drug-likeness (QED) is 0.593. The van der Waals surface area contributed by atoms with Gasteiger partial charge in [0.05, 0.1) is 6.26 Å². The standard InChI is InChI=1S/C15H13N7O/c16-15-19-12(18-9-10-3-1-5-17-8-10)7-13-20-14(21-22(13)15)11-4-2-6-23-11/h1-8,18H,9H2,(H2,16,19). The first-order valence-corrected chi connectivity index (χ1v) is 6.99. The van der Waals surface area contributed by atoms with Gasteiger partial charge in [-0.05, 0) is 23.8 Å². The van der Waals surface area contributed by atoms with Gasteiger partial charge in [0.2, 0.25) is 11.8 Å². The highest BCUT2D eigenvalue weighted by atomic mass is 16.3. The molecule has 114 valence electrons. The van der Waals surface area contributed by atoms with Gasteiger partial charge in [-0.2, -0.15) is 9.50 Å². The lowest BCUT2D eigenvalue weighted by atomic mass is 10.3. The Kier molecular flexibility index (Phi) is 3.12. The molecule has 0 spiro atoms. The number of nitrogens with zero attached hydrogens (tertiary/aromatic N) is 5. The molecule has 0 fully saturated rings. The van der Waals surface area contributed by atoms with E-state index in [1.54, 1.807) is 36.9 Å². The first kappa shape index (κ1) is 13.3. The summed E-state index contributed by atoms with van der Waals surface area (Å²) in [6.45, 7) is 0.593. The molecular weight excluding hydrogens is 294 g/mol. The molecule has 23 heavy (non-hydrogen) atoms. The van der Waals surface area contributed by atoms with E-state index in [1.165, 1.54) is 4.52 Å². The summed E-state index contributed by atoms with van der Waals surface area (Å²) in [5, 5.41) is 7.50. The highest BCUT2D eigenvalue weighted by molar-refractivity contribution is 5.58. The maximum atomic E-state index is 5.96. The van der Waals surface area contributed by atoms with E-state index in [-0.39, 0.29) is 5.95 Å². The van der Waals surface area contributed by atoms with Crippen molar-refractivity contribution in [3.8, 4) is 11.6 Å². The Morgan fingerprint density at radius 2 is 2.17 bits per heavy atom. The van der Waals surface area contributed by atoms with Crippen LogP contribution in [0.25, 0.3) is 17.2 Å².